The van der Waals surface area contributed by atoms with Crippen molar-refractivity contribution < 1.29 is 12.8 Å². The maximum absolute atomic E-state index is 15.3. The summed E-state index contributed by atoms with van der Waals surface area (Å²) in [7, 11) is -3.77. The fourth-order valence-corrected chi connectivity index (χ4v) is 5.48. The fourth-order valence-electron chi connectivity index (χ4n) is 3.94. The van der Waals surface area contributed by atoms with Gasteiger partial charge in [0, 0.05) is 35.6 Å². The van der Waals surface area contributed by atoms with Gasteiger partial charge in [0.15, 0.2) is 5.82 Å². The van der Waals surface area contributed by atoms with Gasteiger partial charge in [0.25, 0.3) is 5.56 Å². The lowest BCUT2D eigenvalue weighted by Gasteiger charge is -2.15. The molecule has 2 aromatic heterocycles. The van der Waals surface area contributed by atoms with Gasteiger partial charge in [-0.2, -0.15) is 4.31 Å². The Hall–Kier alpha value is -3.01. The molecule has 1 fully saturated rings. The summed E-state index contributed by atoms with van der Waals surface area (Å²) in [4.78, 5) is 18.2. The predicted octanol–water partition coefficient (Wildman–Crippen LogP) is 2.54. The lowest BCUT2D eigenvalue weighted by atomic mass is 10.1. The zero-order valence-corrected chi connectivity index (χ0v) is 16.7. The number of sulfonamides is 1. The van der Waals surface area contributed by atoms with Crippen LogP contribution in [0.15, 0.2) is 58.2 Å². The van der Waals surface area contributed by atoms with Gasteiger partial charge in [0.05, 0.1) is 16.2 Å². The van der Waals surface area contributed by atoms with Crippen LogP contribution in [0.25, 0.3) is 33.1 Å². The Balaban J connectivity index is 1.64. The second-order valence-corrected chi connectivity index (χ2v) is 9.47. The summed E-state index contributed by atoms with van der Waals surface area (Å²) in [6.45, 7) is 0.586. The van der Waals surface area contributed by atoms with E-state index in [1.165, 1.54) is 22.5 Å². The highest BCUT2D eigenvalue weighted by Gasteiger charge is 2.31. The Morgan fingerprint density at radius 3 is 2.63 bits per heavy atom. The van der Waals surface area contributed by atoms with Crippen LogP contribution in [0.2, 0.25) is 0 Å². The van der Waals surface area contributed by atoms with Crippen LogP contribution in [0.5, 0.6) is 0 Å². The predicted molar refractivity (Wildman–Crippen MR) is 113 cm³/mol. The maximum Gasteiger partial charge on any atom is 0.257 e. The van der Waals surface area contributed by atoms with Crippen molar-refractivity contribution in [2.75, 3.05) is 13.1 Å². The molecule has 0 saturated carbocycles. The van der Waals surface area contributed by atoms with Crippen molar-refractivity contribution >= 4 is 31.8 Å². The molecule has 4 aromatic rings. The van der Waals surface area contributed by atoms with Crippen LogP contribution in [-0.4, -0.2) is 41.8 Å². The summed E-state index contributed by atoms with van der Waals surface area (Å²) in [6.07, 6.45) is 0.592. The first kappa shape index (κ1) is 19.0. The van der Waals surface area contributed by atoms with Gasteiger partial charge in [-0.1, -0.05) is 18.2 Å². The van der Waals surface area contributed by atoms with Crippen molar-refractivity contribution in [3.63, 3.8) is 0 Å². The second-order valence-electron chi connectivity index (χ2n) is 7.53. The average molecular weight is 426 g/mol. The minimum atomic E-state index is -3.77. The summed E-state index contributed by atoms with van der Waals surface area (Å²) in [5.41, 5.74) is 6.64. The number of nitrogens with two attached hydrogens (primary N) is 1. The van der Waals surface area contributed by atoms with Crippen LogP contribution in [0.1, 0.15) is 6.42 Å². The van der Waals surface area contributed by atoms with E-state index in [1.807, 2.05) is 12.1 Å². The summed E-state index contributed by atoms with van der Waals surface area (Å²) < 4.78 is 42.4. The maximum atomic E-state index is 15.3. The number of hydrogen-bond acceptors (Lipinski definition) is 4. The number of pyridine rings is 1. The van der Waals surface area contributed by atoms with Gasteiger partial charge < -0.3 is 15.7 Å². The third kappa shape index (κ3) is 2.94. The molecular weight excluding hydrogens is 407 g/mol. The van der Waals surface area contributed by atoms with Crippen molar-refractivity contribution in [2.45, 2.75) is 17.4 Å². The molecule has 1 atom stereocenters. The minimum absolute atomic E-state index is 0.000899. The van der Waals surface area contributed by atoms with Crippen LogP contribution < -0.4 is 11.3 Å². The molecule has 1 saturated heterocycles. The first-order valence-electron chi connectivity index (χ1n) is 9.54. The number of aromatic amines is 2. The fraction of sp³-hybridized carbons (Fsp3) is 0.190. The van der Waals surface area contributed by atoms with Gasteiger partial charge >= 0.3 is 0 Å². The molecule has 30 heavy (non-hydrogen) atoms. The molecule has 2 aromatic carbocycles. The van der Waals surface area contributed by atoms with E-state index in [2.05, 4.69) is 9.97 Å². The molecular formula is C21H19FN4O3S. The molecule has 1 aliphatic rings. The molecule has 3 heterocycles. The first-order valence-corrected chi connectivity index (χ1v) is 11.0. The Morgan fingerprint density at radius 2 is 1.87 bits per heavy atom. The highest BCUT2D eigenvalue weighted by atomic mass is 32.2. The number of halogens is 1. The Morgan fingerprint density at radius 1 is 1.07 bits per heavy atom. The number of H-pyrrole nitrogens is 2. The van der Waals surface area contributed by atoms with Crippen molar-refractivity contribution in [3.8, 4) is 11.3 Å². The lowest BCUT2D eigenvalue weighted by Crippen LogP contribution is -2.31. The number of fused-ring (bicyclic) bond motifs is 2. The average Bonchev–Trinajstić information content (AvgIpc) is 3.31. The number of nitrogens with one attached hydrogen (secondary N) is 2. The molecule has 0 aliphatic carbocycles. The first-order chi connectivity index (χ1) is 14.3. The van der Waals surface area contributed by atoms with E-state index in [-0.39, 0.29) is 34.1 Å². The van der Waals surface area contributed by atoms with Crippen LogP contribution in [0.4, 0.5) is 4.39 Å². The van der Waals surface area contributed by atoms with Gasteiger partial charge in [-0.3, -0.25) is 4.79 Å². The van der Waals surface area contributed by atoms with Crippen LogP contribution in [0.3, 0.4) is 0 Å². The van der Waals surface area contributed by atoms with E-state index in [4.69, 9.17) is 5.73 Å². The molecule has 0 radical (unpaired) electrons. The number of nitrogens with zero attached hydrogens (tertiary/aromatic N) is 1. The van der Waals surface area contributed by atoms with Gasteiger partial charge in [-0.25, -0.2) is 12.8 Å². The van der Waals surface area contributed by atoms with Gasteiger partial charge in [-0.15, -0.1) is 0 Å². The molecule has 1 aliphatic heterocycles. The molecule has 154 valence electrons. The zero-order valence-electron chi connectivity index (χ0n) is 15.9. The van der Waals surface area contributed by atoms with E-state index in [0.29, 0.717) is 24.0 Å². The van der Waals surface area contributed by atoms with E-state index in [1.54, 1.807) is 18.2 Å². The third-order valence-electron chi connectivity index (χ3n) is 5.55. The van der Waals surface area contributed by atoms with Gasteiger partial charge in [0.1, 0.15) is 0 Å². The van der Waals surface area contributed by atoms with E-state index >= 15 is 4.39 Å². The number of aromatic nitrogens is 2. The summed E-state index contributed by atoms with van der Waals surface area (Å²) >= 11 is 0. The minimum Gasteiger partial charge on any atom is -0.352 e. The van der Waals surface area contributed by atoms with Crippen molar-refractivity contribution in [1.29, 1.82) is 0 Å². The Labute approximate surface area is 171 Å². The van der Waals surface area contributed by atoms with E-state index in [9.17, 15) is 13.2 Å². The molecule has 0 spiro atoms. The SMILES string of the molecule is NC1CCN(S(=O)(=O)c2ccc3[nH]c(-c4cc5ccccc5[nH]c4=O)c(F)c3c2)C1. The summed E-state index contributed by atoms with van der Waals surface area (Å²) in [5.74, 6) is -0.666. The van der Waals surface area contributed by atoms with Crippen LogP contribution in [-0.2, 0) is 10.0 Å². The molecule has 0 bridgehead atoms. The van der Waals surface area contributed by atoms with E-state index in [0.717, 1.165) is 5.39 Å². The van der Waals surface area contributed by atoms with Crippen LogP contribution >= 0.6 is 0 Å². The van der Waals surface area contributed by atoms with E-state index < -0.39 is 21.4 Å². The molecule has 9 heteroatoms. The van der Waals surface area contributed by atoms with Crippen LogP contribution in [0, 0.1) is 5.82 Å². The number of rotatable bonds is 3. The standard InChI is InChI=1S/C21H19FN4O3S/c22-19-15-10-14(30(28,29)26-8-7-13(23)11-26)5-6-18(15)24-20(19)16-9-12-3-1-2-4-17(12)25-21(16)27/h1-6,9-10,13,24H,7-8,11,23H2,(H,25,27). The monoisotopic (exact) mass is 426 g/mol. The molecule has 7 nitrogen and oxygen atoms in total. The van der Waals surface area contributed by atoms with Crippen molar-refractivity contribution in [1.82, 2.24) is 14.3 Å². The topological polar surface area (TPSA) is 112 Å². The Kier molecular flexibility index (Phi) is 4.28. The van der Waals surface area contributed by atoms with Crippen molar-refractivity contribution in [2.24, 2.45) is 5.73 Å². The molecule has 0 amide bonds. The quantitative estimate of drug-likeness (QED) is 0.467. The highest BCUT2D eigenvalue weighted by Crippen LogP contribution is 2.31. The third-order valence-corrected chi connectivity index (χ3v) is 7.42. The number of para-hydroxylation sites is 1. The normalized spacial score (nSPS) is 17.9. The van der Waals surface area contributed by atoms with Gasteiger partial charge in [-0.05, 0) is 42.1 Å². The van der Waals surface area contributed by atoms with Gasteiger partial charge in [0.2, 0.25) is 10.0 Å². The zero-order chi connectivity index (χ0) is 21.0. The summed E-state index contributed by atoms with van der Waals surface area (Å²) in [5, 5.41) is 0.876. The number of hydrogen-bond donors (Lipinski definition) is 3. The smallest absolute Gasteiger partial charge is 0.257 e. The second kappa shape index (κ2) is 6.76. The van der Waals surface area contributed by atoms with Crippen molar-refractivity contribution in [3.05, 3.63) is 64.7 Å². The largest absolute Gasteiger partial charge is 0.352 e. The Bertz CT molecular complexity index is 1460. The number of benzene rings is 2. The summed E-state index contributed by atoms with van der Waals surface area (Å²) in [6, 6.07) is 12.9. The molecule has 5 rings (SSSR count). The molecule has 1 unspecified atom stereocenters. The highest BCUT2D eigenvalue weighted by molar-refractivity contribution is 7.89. The lowest BCUT2D eigenvalue weighted by molar-refractivity contribution is 0.472. The molecule has 4 N–H and O–H groups in total.